The lowest BCUT2D eigenvalue weighted by molar-refractivity contribution is -0.121. The van der Waals surface area contributed by atoms with Crippen LogP contribution in [0, 0.1) is 11.7 Å². The number of H-pyrrole nitrogens is 1. The molecule has 30 heavy (non-hydrogen) atoms. The lowest BCUT2D eigenvalue weighted by Gasteiger charge is -2.12. The molecule has 158 valence electrons. The van der Waals surface area contributed by atoms with Crippen molar-refractivity contribution in [1.29, 1.82) is 0 Å². The maximum atomic E-state index is 12.6. The average molecular weight is 426 g/mol. The number of ether oxygens (including phenoxy) is 1. The third-order valence-electron chi connectivity index (χ3n) is 4.53. The standard InChI is InChI=1S/C22H27N5O2S/c1-16-6-4-8-18(12-16)21-24-25-22(30)27(21)15-20(28)23-14-17-7-5-9-19(13-17)29-11-10-26(2)3/h4-9,12-13H,10-11,14-15H2,1-3H3,(H,23,28)(H,25,30). The van der Waals surface area contributed by atoms with E-state index in [9.17, 15) is 4.79 Å². The Kier molecular flexibility index (Phi) is 7.37. The van der Waals surface area contributed by atoms with Gasteiger partial charge in [0.2, 0.25) is 5.91 Å². The number of aryl methyl sites for hydroxylation is 1. The number of rotatable bonds is 9. The summed E-state index contributed by atoms with van der Waals surface area (Å²) in [6, 6.07) is 15.7. The molecule has 3 rings (SSSR count). The number of hydrogen-bond donors (Lipinski definition) is 2. The molecule has 2 N–H and O–H groups in total. The van der Waals surface area contributed by atoms with E-state index in [1.807, 2.05) is 69.6 Å². The molecule has 0 saturated carbocycles. The highest BCUT2D eigenvalue weighted by atomic mass is 32.1. The molecule has 1 amide bonds. The van der Waals surface area contributed by atoms with Crippen LogP contribution >= 0.6 is 12.2 Å². The molecule has 0 bridgehead atoms. The van der Waals surface area contributed by atoms with Crippen molar-refractivity contribution in [3.05, 3.63) is 64.4 Å². The van der Waals surface area contributed by atoms with Crippen LogP contribution in [0.25, 0.3) is 11.4 Å². The fraction of sp³-hybridized carbons (Fsp3) is 0.318. The quantitative estimate of drug-likeness (QED) is 0.515. The topological polar surface area (TPSA) is 75.2 Å². The SMILES string of the molecule is Cc1cccc(-c2n[nH]c(=S)n2CC(=O)NCc2cccc(OCCN(C)C)c2)c1. The van der Waals surface area contributed by atoms with Gasteiger partial charge in [-0.05, 0) is 57.0 Å². The van der Waals surface area contributed by atoms with Gasteiger partial charge < -0.3 is 15.0 Å². The van der Waals surface area contributed by atoms with Gasteiger partial charge in [-0.2, -0.15) is 5.10 Å². The Morgan fingerprint density at radius 1 is 1.23 bits per heavy atom. The smallest absolute Gasteiger partial charge is 0.240 e. The summed E-state index contributed by atoms with van der Waals surface area (Å²) in [6.07, 6.45) is 0. The Morgan fingerprint density at radius 2 is 2.03 bits per heavy atom. The Morgan fingerprint density at radius 3 is 2.80 bits per heavy atom. The number of hydrogen-bond acceptors (Lipinski definition) is 5. The third kappa shape index (κ3) is 6.01. The van der Waals surface area contributed by atoms with Crippen LogP contribution in [-0.2, 0) is 17.9 Å². The molecule has 0 unspecified atom stereocenters. The molecule has 3 aromatic rings. The van der Waals surface area contributed by atoms with Crippen molar-refractivity contribution in [2.24, 2.45) is 0 Å². The van der Waals surface area contributed by atoms with Crippen LogP contribution in [0.3, 0.4) is 0 Å². The minimum absolute atomic E-state index is 0.0949. The Balaban J connectivity index is 1.61. The second kappa shape index (κ2) is 10.2. The van der Waals surface area contributed by atoms with Gasteiger partial charge in [0.1, 0.15) is 18.9 Å². The molecular weight excluding hydrogens is 398 g/mol. The molecule has 0 spiro atoms. The zero-order chi connectivity index (χ0) is 21.5. The van der Waals surface area contributed by atoms with Gasteiger partial charge in [-0.3, -0.25) is 14.5 Å². The monoisotopic (exact) mass is 425 g/mol. The number of aromatic nitrogens is 3. The molecule has 0 saturated heterocycles. The fourth-order valence-corrected chi connectivity index (χ4v) is 3.16. The van der Waals surface area contributed by atoms with E-state index in [1.54, 1.807) is 4.57 Å². The molecule has 0 radical (unpaired) electrons. The average Bonchev–Trinajstić information content (AvgIpc) is 3.07. The van der Waals surface area contributed by atoms with E-state index in [2.05, 4.69) is 20.4 Å². The molecule has 0 aliphatic heterocycles. The first-order valence-electron chi connectivity index (χ1n) is 9.78. The number of aromatic amines is 1. The molecule has 1 aromatic heterocycles. The van der Waals surface area contributed by atoms with Gasteiger partial charge in [-0.1, -0.05) is 35.9 Å². The van der Waals surface area contributed by atoms with Crippen LogP contribution < -0.4 is 10.1 Å². The van der Waals surface area contributed by atoms with E-state index in [4.69, 9.17) is 17.0 Å². The molecule has 7 nitrogen and oxygen atoms in total. The van der Waals surface area contributed by atoms with Gasteiger partial charge >= 0.3 is 0 Å². The number of carbonyl (C=O) groups excluding carboxylic acids is 1. The summed E-state index contributed by atoms with van der Waals surface area (Å²) < 4.78 is 7.88. The number of benzene rings is 2. The second-order valence-corrected chi connectivity index (χ2v) is 7.77. The van der Waals surface area contributed by atoms with Crippen LogP contribution in [-0.4, -0.2) is 52.8 Å². The van der Waals surface area contributed by atoms with Gasteiger partial charge in [0.05, 0.1) is 0 Å². The molecule has 2 aromatic carbocycles. The number of nitrogens with zero attached hydrogens (tertiary/aromatic N) is 3. The highest BCUT2D eigenvalue weighted by Gasteiger charge is 2.12. The van der Waals surface area contributed by atoms with Crippen LogP contribution in [0.2, 0.25) is 0 Å². The molecular formula is C22H27N5O2S. The zero-order valence-electron chi connectivity index (χ0n) is 17.5. The van der Waals surface area contributed by atoms with Gasteiger partial charge in [-0.15, -0.1) is 0 Å². The second-order valence-electron chi connectivity index (χ2n) is 7.38. The minimum atomic E-state index is -0.139. The van der Waals surface area contributed by atoms with Gasteiger partial charge in [-0.25, -0.2) is 0 Å². The highest BCUT2D eigenvalue weighted by Crippen LogP contribution is 2.18. The predicted octanol–water partition coefficient (Wildman–Crippen LogP) is 3.17. The van der Waals surface area contributed by atoms with Crippen LogP contribution in [0.4, 0.5) is 0 Å². The molecule has 0 aliphatic carbocycles. The first-order valence-corrected chi connectivity index (χ1v) is 10.2. The first-order chi connectivity index (χ1) is 14.4. The Bertz CT molecular complexity index is 1060. The number of likely N-dealkylation sites (N-methyl/N-ethyl adjacent to an activating group) is 1. The Hall–Kier alpha value is -2.97. The van der Waals surface area contributed by atoms with E-state index in [0.29, 0.717) is 23.7 Å². The molecule has 1 heterocycles. The van der Waals surface area contributed by atoms with Crippen LogP contribution in [0.15, 0.2) is 48.5 Å². The number of carbonyl (C=O) groups is 1. The maximum Gasteiger partial charge on any atom is 0.240 e. The first kappa shape index (κ1) is 21.7. The van der Waals surface area contributed by atoms with Crippen molar-refractivity contribution >= 4 is 18.1 Å². The summed E-state index contributed by atoms with van der Waals surface area (Å²) >= 11 is 5.32. The summed E-state index contributed by atoms with van der Waals surface area (Å²) in [6.45, 7) is 3.98. The van der Waals surface area contributed by atoms with Gasteiger partial charge in [0, 0.05) is 18.7 Å². The lowest BCUT2D eigenvalue weighted by atomic mass is 10.1. The van der Waals surface area contributed by atoms with Crippen molar-refractivity contribution in [3.63, 3.8) is 0 Å². The van der Waals surface area contributed by atoms with Crippen LogP contribution in [0.1, 0.15) is 11.1 Å². The van der Waals surface area contributed by atoms with Crippen molar-refractivity contribution in [3.8, 4) is 17.1 Å². The third-order valence-corrected chi connectivity index (χ3v) is 4.84. The van der Waals surface area contributed by atoms with Gasteiger partial charge in [0.15, 0.2) is 10.6 Å². The Labute approximate surface area is 181 Å². The van der Waals surface area contributed by atoms with Gasteiger partial charge in [0.25, 0.3) is 0 Å². The molecule has 0 aliphatic rings. The molecule has 0 fully saturated rings. The summed E-state index contributed by atoms with van der Waals surface area (Å²) in [5.74, 6) is 1.30. The van der Waals surface area contributed by atoms with E-state index in [1.165, 1.54) is 0 Å². The normalized spacial score (nSPS) is 10.9. The maximum absolute atomic E-state index is 12.6. The summed E-state index contributed by atoms with van der Waals surface area (Å²) in [7, 11) is 4.01. The van der Waals surface area contributed by atoms with Crippen molar-refractivity contribution in [2.45, 2.75) is 20.0 Å². The van der Waals surface area contributed by atoms with E-state index in [-0.39, 0.29) is 12.5 Å². The van der Waals surface area contributed by atoms with E-state index in [0.717, 1.165) is 29.0 Å². The van der Waals surface area contributed by atoms with Crippen LogP contribution in [0.5, 0.6) is 5.75 Å². The van der Waals surface area contributed by atoms with Crippen molar-refractivity contribution < 1.29 is 9.53 Å². The van der Waals surface area contributed by atoms with Crippen molar-refractivity contribution in [2.75, 3.05) is 27.2 Å². The number of nitrogens with one attached hydrogen (secondary N) is 2. The summed E-state index contributed by atoms with van der Waals surface area (Å²) in [4.78, 5) is 14.6. The summed E-state index contributed by atoms with van der Waals surface area (Å²) in [5, 5.41) is 10.0. The predicted molar refractivity (Wildman–Crippen MR) is 120 cm³/mol. The highest BCUT2D eigenvalue weighted by molar-refractivity contribution is 7.71. The minimum Gasteiger partial charge on any atom is -0.492 e. The van der Waals surface area contributed by atoms with Crippen molar-refractivity contribution in [1.82, 2.24) is 25.0 Å². The lowest BCUT2D eigenvalue weighted by Crippen LogP contribution is -2.27. The van der Waals surface area contributed by atoms with E-state index >= 15 is 0 Å². The fourth-order valence-electron chi connectivity index (χ4n) is 2.96. The molecule has 8 heteroatoms. The zero-order valence-corrected chi connectivity index (χ0v) is 18.3. The largest absolute Gasteiger partial charge is 0.492 e. The summed E-state index contributed by atoms with van der Waals surface area (Å²) in [5.41, 5.74) is 3.00. The number of amides is 1. The molecule has 0 atom stereocenters. The van der Waals surface area contributed by atoms with E-state index < -0.39 is 0 Å².